The van der Waals surface area contributed by atoms with Gasteiger partial charge in [0.2, 0.25) is 0 Å². The fraction of sp³-hybridized carbons (Fsp3) is 0.500. The molecule has 1 amide bonds. The van der Waals surface area contributed by atoms with Gasteiger partial charge in [-0.1, -0.05) is 37.3 Å². The van der Waals surface area contributed by atoms with Crippen molar-refractivity contribution in [3.05, 3.63) is 59.5 Å². The van der Waals surface area contributed by atoms with E-state index >= 15 is 0 Å². The summed E-state index contributed by atoms with van der Waals surface area (Å²) in [6, 6.07) is 12.5. The highest BCUT2D eigenvalue weighted by atomic mass is 16.5. The minimum absolute atomic E-state index is 0.00946. The summed E-state index contributed by atoms with van der Waals surface area (Å²) < 4.78 is 11.1. The molecule has 0 aliphatic carbocycles. The maximum Gasteiger partial charge on any atom is 0.257 e. The number of amides is 1. The molecular formula is C22H28N2O3. The normalized spacial score (nSPS) is 24.1. The summed E-state index contributed by atoms with van der Waals surface area (Å²) >= 11 is 0. The van der Waals surface area contributed by atoms with E-state index in [1.807, 2.05) is 17.0 Å². The highest BCUT2D eigenvalue weighted by molar-refractivity contribution is 5.94. The number of ether oxygens (including phenoxy) is 1. The van der Waals surface area contributed by atoms with E-state index in [1.54, 1.807) is 6.26 Å². The lowest BCUT2D eigenvalue weighted by Gasteiger charge is -2.40. The standard InChI is InChI=1S/C22H28N2O3/c1-22(19-6-3-2-4-7-19)8-5-9-24(17-22)21(25)18-14-20(27-16-18)15-23-10-12-26-13-11-23/h2-4,6-7,14,16H,5,8-13,15,17H2,1H3. The Bertz CT molecular complexity index is 767. The van der Waals surface area contributed by atoms with Gasteiger partial charge in [-0.05, 0) is 24.5 Å². The molecule has 144 valence electrons. The smallest absolute Gasteiger partial charge is 0.257 e. The second-order valence-electron chi connectivity index (χ2n) is 7.95. The van der Waals surface area contributed by atoms with E-state index in [4.69, 9.17) is 9.15 Å². The number of likely N-dealkylation sites (tertiary alicyclic amines) is 1. The molecule has 27 heavy (non-hydrogen) atoms. The van der Waals surface area contributed by atoms with Gasteiger partial charge in [-0.25, -0.2) is 0 Å². The van der Waals surface area contributed by atoms with Gasteiger partial charge in [0.1, 0.15) is 12.0 Å². The predicted octanol–water partition coefficient (Wildman–Crippen LogP) is 3.31. The van der Waals surface area contributed by atoms with E-state index in [2.05, 4.69) is 36.1 Å². The lowest BCUT2D eigenvalue weighted by atomic mass is 9.76. The molecule has 1 aromatic heterocycles. The zero-order chi connectivity index (χ0) is 18.7. The van der Waals surface area contributed by atoms with Gasteiger partial charge in [-0.3, -0.25) is 9.69 Å². The van der Waals surface area contributed by atoms with E-state index in [0.29, 0.717) is 5.56 Å². The summed E-state index contributed by atoms with van der Waals surface area (Å²) in [5.74, 6) is 0.928. The number of morpholine rings is 1. The monoisotopic (exact) mass is 368 g/mol. The Hall–Kier alpha value is -2.11. The Kier molecular flexibility index (Phi) is 5.32. The van der Waals surface area contributed by atoms with Gasteiger partial charge in [-0.2, -0.15) is 0 Å². The van der Waals surface area contributed by atoms with Gasteiger partial charge in [0, 0.05) is 31.6 Å². The molecule has 0 spiro atoms. The number of hydrogen-bond donors (Lipinski definition) is 0. The Labute approximate surface area is 160 Å². The van der Waals surface area contributed by atoms with Crippen molar-refractivity contribution in [2.24, 2.45) is 0 Å². The minimum atomic E-state index is 0.00946. The topological polar surface area (TPSA) is 45.9 Å². The molecule has 3 heterocycles. The zero-order valence-electron chi connectivity index (χ0n) is 16.0. The number of hydrogen-bond acceptors (Lipinski definition) is 4. The van der Waals surface area contributed by atoms with Gasteiger partial charge in [-0.15, -0.1) is 0 Å². The molecule has 5 heteroatoms. The van der Waals surface area contributed by atoms with E-state index in [0.717, 1.165) is 64.5 Å². The van der Waals surface area contributed by atoms with Crippen LogP contribution in [0.15, 0.2) is 47.1 Å². The van der Waals surface area contributed by atoms with Crippen molar-refractivity contribution in [2.45, 2.75) is 31.7 Å². The summed E-state index contributed by atoms with van der Waals surface area (Å²) in [7, 11) is 0. The van der Waals surface area contributed by atoms with Gasteiger partial charge < -0.3 is 14.1 Å². The molecule has 0 radical (unpaired) electrons. The summed E-state index contributed by atoms with van der Waals surface area (Å²) in [6.07, 6.45) is 3.75. The average molecular weight is 368 g/mol. The van der Waals surface area contributed by atoms with Crippen LogP contribution in [0, 0.1) is 0 Å². The lowest BCUT2D eigenvalue weighted by Crippen LogP contribution is -2.47. The molecule has 4 rings (SSSR count). The van der Waals surface area contributed by atoms with Crippen molar-refractivity contribution in [2.75, 3.05) is 39.4 Å². The average Bonchev–Trinajstić information content (AvgIpc) is 3.17. The largest absolute Gasteiger partial charge is 0.467 e. The van der Waals surface area contributed by atoms with E-state index in [1.165, 1.54) is 5.56 Å². The molecule has 2 aliphatic rings. The molecule has 5 nitrogen and oxygen atoms in total. The third-order valence-electron chi connectivity index (χ3n) is 5.84. The van der Waals surface area contributed by atoms with Crippen LogP contribution in [-0.2, 0) is 16.7 Å². The van der Waals surface area contributed by atoms with Crippen LogP contribution in [0.25, 0.3) is 0 Å². The first-order chi connectivity index (χ1) is 13.1. The Morgan fingerprint density at radius 1 is 1.15 bits per heavy atom. The molecule has 0 N–H and O–H groups in total. The van der Waals surface area contributed by atoms with Crippen molar-refractivity contribution in [3.8, 4) is 0 Å². The molecule has 1 unspecified atom stereocenters. The minimum Gasteiger partial charge on any atom is -0.467 e. The van der Waals surface area contributed by atoms with E-state index < -0.39 is 0 Å². The van der Waals surface area contributed by atoms with Crippen LogP contribution >= 0.6 is 0 Å². The fourth-order valence-corrected chi connectivity index (χ4v) is 4.23. The van der Waals surface area contributed by atoms with E-state index in [-0.39, 0.29) is 11.3 Å². The number of furan rings is 1. The molecule has 2 aromatic rings. The summed E-state index contributed by atoms with van der Waals surface area (Å²) in [5, 5.41) is 0. The molecule has 0 saturated carbocycles. The van der Waals surface area contributed by atoms with Crippen molar-refractivity contribution in [1.82, 2.24) is 9.80 Å². The van der Waals surface area contributed by atoms with Crippen LogP contribution in [0.4, 0.5) is 0 Å². The first-order valence-corrected chi connectivity index (χ1v) is 9.86. The molecule has 2 fully saturated rings. The van der Waals surface area contributed by atoms with Gasteiger partial charge in [0.25, 0.3) is 5.91 Å². The maximum absolute atomic E-state index is 13.1. The highest BCUT2D eigenvalue weighted by Gasteiger charge is 2.35. The predicted molar refractivity (Wildman–Crippen MR) is 104 cm³/mol. The SMILES string of the molecule is CC1(c2ccccc2)CCCN(C(=O)c2coc(CN3CCOCC3)c2)C1. The summed E-state index contributed by atoms with van der Waals surface area (Å²) in [4.78, 5) is 17.3. The quantitative estimate of drug-likeness (QED) is 0.831. The van der Waals surface area contributed by atoms with Crippen LogP contribution < -0.4 is 0 Å². The first-order valence-electron chi connectivity index (χ1n) is 9.86. The van der Waals surface area contributed by atoms with Gasteiger partial charge in [0.05, 0.1) is 25.3 Å². The third kappa shape index (κ3) is 4.09. The number of piperidine rings is 1. The van der Waals surface area contributed by atoms with Gasteiger partial charge >= 0.3 is 0 Å². The molecule has 2 saturated heterocycles. The first kappa shape index (κ1) is 18.3. The Morgan fingerprint density at radius 2 is 1.93 bits per heavy atom. The Balaban J connectivity index is 1.43. The number of carbonyl (C=O) groups excluding carboxylic acids is 1. The third-order valence-corrected chi connectivity index (χ3v) is 5.84. The lowest BCUT2D eigenvalue weighted by molar-refractivity contribution is 0.0313. The van der Waals surface area contributed by atoms with Gasteiger partial charge in [0.15, 0.2) is 0 Å². The summed E-state index contributed by atoms with van der Waals surface area (Å²) in [5.41, 5.74) is 1.98. The molecule has 2 aliphatic heterocycles. The van der Waals surface area contributed by atoms with Crippen molar-refractivity contribution in [3.63, 3.8) is 0 Å². The molecule has 1 atom stereocenters. The molecule has 0 bridgehead atoms. The van der Waals surface area contributed by atoms with Crippen molar-refractivity contribution in [1.29, 1.82) is 0 Å². The maximum atomic E-state index is 13.1. The van der Waals surface area contributed by atoms with Crippen molar-refractivity contribution < 1.29 is 13.9 Å². The van der Waals surface area contributed by atoms with Crippen LogP contribution in [-0.4, -0.2) is 55.1 Å². The number of benzene rings is 1. The van der Waals surface area contributed by atoms with Crippen LogP contribution in [0.2, 0.25) is 0 Å². The van der Waals surface area contributed by atoms with Crippen LogP contribution in [0.3, 0.4) is 0 Å². The Morgan fingerprint density at radius 3 is 2.70 bits per heavy atom. The number of carbonyl (C=O) groups is 1. The second-order valence-corrected chi connectivity index (χ2v) is 7.95. The molecule has 1 aromatic carbocycles. The fourth-order valence-electron chi connectivity index (χ4n) is 4.23. The van der Waals surface area contributed by atoms with Crippen molar-refractivity contribution >= 4 is 5.91 Å². The number of rotatable bonds is 4. The van der Waals surface area contributed by atoms with E-state index in [9.17, 15) is 4.79 Å². The second kappa shape index (κ2) is 7.87. The van der Waals surface area contributed by atoms with Crippen LogP contribution in [0.1, 0.15) is 41.4 Å². The zero-order valence-corrected chi connectivity index (χ0v) is 16.0. The van der Waals surface area contributed by atoms with Crippen LogP contribution in [0.5, 0.6) is 0 Å². The highest BCUT2D eigenvalue weighted by Crippen LogP contribution is 2.34. The molecular weight excluding hydrogens is 340 g/mol. The summed E-state index contributed by atoms with van der Waals surface area (Å²) in [6.45, 7) is 7.90. The number of nitrogens with zero attached hydrogens (tertiary/aromatic N) is 2.